The summed E-state index contributed by atoms with van der Waals surface area (Å²) < 4.78 is 33.7. The lowest BCUT2D eigenvalue weighted by Crippen LogP contribution is -2.32. The molecular weight excluding hydrogens is 378 g/mol. The van der Waals surface area contributed by atoms with E-state index in [1.54, 1.807) is 12.1 Å². The number of hydrogen-bond donors (Lipinski definition) is 2. The number of nitrogens with one attached hydrogen (secondary N) is 2. The molecule has 148 valence electrons. The van der Waals surface area contributed by atoms with Gasteiger partial charge in [-0.1, -0.05) is 42.8 Å². The van der Waals surface area contributed by atoms with Gasteiger partial charge in [-0.2, -0.15) is 4.72 Å². The molecule has 0 spiro atoms. The van der Waals surface area contributed by atoms with Crippen LogP contribution < -0.4 is 10.5 Å². The van der Waals surface area contributed by atoms with Crippen molar-refractivity contribution < 1.29 is 12.8 Å². The first-order valence-electron chi connectivity index (χ1n) is 8.89. The molecule has 8 heteroatoms. The first-order chi connectivity index (χ1) is 13.2. The Morgan fingerprint density at radius 2 is 1.75 bits per heavy atom. The van der Waals surface area contributed by atoms with Crippen molar-refractivity contribution in [3.63, 3.8) is 0 Å². The lowest BCUT2D eigenvalue weighted by Gasteiger charge is -2.24. The van der Waals surface area contributed by atoms with E-state index in [1.807, 2.05) is 45.9 Å². The monoisotopic (exact) mass is 401 g/mol. The van der Waals surface area contributed by atoms with Crippen molar-refractivity contribution >= 4 is 10.0 Å². The molecule has 7 nitrogen and oxygen atoms in total. The smallest absolute Gasteiger partial charge is 0.391 e. The van der Waals surface area contributed by atoms with Crippen LogP contribution in [0.25, 0.3) is 0 Å². The van der Waals surface area contributed by atoms with Crippen molar-refractivity contribution in [1.82, 2.24) is 14.9 Å². The van der Waals surface area contributed by atoms with E-state index < -0.39 is 21.8 Å². The third kappa shape index (κ3) is 4.07. The van der Waals surface area contributed by atoms with Gasteiger partial charge in [0.25, 0.3) is 0 Å². The Balaban J connectivity index is 2.04. The molecule has 0 saturated carbocycles. The Morgan fingerprint density at radius 3 is 2.36 bits per heavy atom. The molecule has 28 heavy (non-hydrogen) atoms. The van der Waals surface area contributed by atoms with Crippen LogP contribution in [-0.2, 0) is 10.0 Å². The quantitative estimate of drug-likeness (QED) is 0.660. The minimum absolute atomic E-state index is 0.00547. The number of aryl methyl sites for hydroxylation is 2. The first kappa shape index (κ1) is 20.0. The van der Waals surface area contributed by atoms with Gasteiger partial charge in [0.05, 0.1) is 4.90 Å². The molecule has 0 aliphatic rings. The summed E-state index contributed by atoms with van der Waals surface area (Å²) in [5.41, 5.74) is 4.04. The number of nitrogens with zero attached hydrogens (tertiary/aromatic N) is 1. The van der Waals surface area contributed by atoms with Crippen molar-refractivity contribution in [3.05, 3.63) is 81.2 Å². The van der Waals surface area contributed by atoms with Crippen LogP contribution in [-0.4, -0.2) is 18.6 Å². The summed E-state index contributed by atoms with van der Waals surface area (Å²) >= 11 is 0. The summed E-state index contributed by atoms with van der Waals surface area (Å²) in [6, 6.07) is 11.5. The first-order valence-corrected chi connectivity index (χ1v) is 10.4. The molecule has 1 aromatic heterocycles. The topological polar surface area (TPSA) is 105 Å². The molecule has 1 heterocycles. The van der Waals surface area contributed by atoms with Gasteiger partial charge < -0.3 is 4.42 Å². The fourth-order valence-electron chi connectivity index (χ4n) is 3.14. The van der Waals surface area contributed by atoms with E-state index in [0.717, 1.165) is 22.3 Å². The molecule has 0 fully saturated rings. The Hall–Kier alpha value is -2.71. The highest BCUT2D eigenvalue weighted by Gasteiger charge is 2.31. The number of benzene rings is 2. The van der Waals surface area contributed by atoms with Gasteiger partial charge in [-0.25, -0.2) is 18.3 Å². The van der Waals surface area contributed by atoms with E-state index in [4.69, 9.17) is 4.42 Å². The zero-order valence-electron chi connectivity index (χ0n) is 16.2. The molecule has 2 unspecified atom stereocenters. The third-order valence-electron chi connectivity index (χ3n) is 4.97. The Labute approximate surface area is 163 Å². The highest BCUT2D eigenvalue weighted by molar-refractivity contribution is 7.89. The van der Waals surface area contributed by atoms with Crippen LogP contribution in [0.3, 0.4) is 0 Å². The Morgan fingerprint density at radius 1 is 1.07 bits per heavy atom. The molecule has 0 saturated heterocycles. The molecular formula is C20H23N3O4S. The summed E-state index contributed by atoms with van der Waals surface area (Å²) in [5, 5.41) is 6.08. The molecule has 2 atom stereocenters. The van der Waals surface area contributed by atoms with Crippen LogP contribution in [0.4, 0.5) is 0 Å². The summed E-state index contributed by atoms with van der Waals surface area (Å²) in [6.07, 6.45) is 0. The largest absolute Gasteiger partial charge is 0.434 e. The van der Waals surface area contributed by atoms with Gasteiger partial charge >= 0.3 is 5.76 Å². The number of H-pyrrole nitrogens is 1. The van der Waals surface area contributed by atoms with Crippen molar-refractivity contribution in [2.75, 3.05) is 0 Å². The fraction of sp³-hybridized carbons (Fsp3) is 0.300. The lowest BCUT2D eigenvalue weighted by atomic mass is 9.88. The van der Waals surface area contributed by atoms with E-state index in [9.17, 15) is 13.2 Å². The van der Waals surface area contributed by atoms with Crippen molar-refractivity contribution in [2.24, 2.45) is 0 Å². The molecule has 3 aromatic rings. The van der Waals surface area contributed by atoms with E-state index in [0.29, 0.717) is 0 Å². The van der Waals surface area contributed by atoms with Gasteiger partial charge in [-0.15, -0.1) is 5.10 Å². The summed E-state index contributed by atoms with van der Waals surface area (Å²) in [6.45, 7) is 7.73. The molecule has 2 aromatic carbocycles. The van der Waals surface area contributed by atoms with Crippen LogP contribution >= 0.6 is 0 Å². The molecule has 0 aliphatic heterocycles. The fourth-order valence-corrected chi connectivity index (χ4v) is 4.41. The van der Waals surface area contributed by atoms with Crippen LogP contribution in [0.2, 0.25) is 0 Å². The SMILES string of the molecule is Cc1ccc(S(=O)(=O)NC(c2n[nH]c(=O)o2)C(C)c2cccc(C)c2C)cc1. The second-order valence-electron chi connectivity index (χ2n) is 6.94. The predicted octanol–water partition coefficient (Wildman–Crippen LogP) is 3.11. The summed E-state index contributed by atoms with van der Waals surface area (Å²) in [7, 11) is -3.86. The maximum atomic E-state index is 13.0. The predicted molar refractivity (Wildman–Crippen MR) is 106 cm³/mol. The van der Waals surface area contributed by atoms with Crippen LogP contribution in [0.15, 0.2) is 56.6 Å². The summed E-state index contributed by atoms with van der Waals surface area (Å²) in [4.78, 5) is 11.6. The van der Waals surface area contributed by atoms with Gasteiger partial charge in [0.15, 0.2) is 0 Å². The van der Waals surface area contributed by atoms with Gasteiger partial charge in [0, 0.05) is 5.92 Å². The maximum Gasteiger partial charge on any atom is 0.434 e. The van der Waals surface area contributed by atoms with Crippen LogP contribution in [0.5, 0.6) is 0 Å². The van der Waals surface area contributed by atoms with Crippen molar-refractivity contribution in [3.8, 4) is 0 Å². The highest BCUT2D eigenvalue weighted by atomic mass is 32.2. The summed E-state index contributed by atoms with van der Waals surface area (Å²) in [5.74, 6) is -1.07. The molecule has 0 aliphatic carbocycles. The van der Waals surface area contributed by atoms with Gasteiger partial charge in [0.2, 0.25) is 15.9 Å². The zero-order chi connectivity index (χ0) is 20.5. The highest BCUT2D eigenvalue weighted by Crippen LogP contribution is 2.33. The molecule has 3 rings (SSSR count). The van der Waals surface area contributed by atoms with Crippen LogP contribution in [0, 0.1) is 20.8 Å². The Kier molecular flexibility index (Phi) is 5.53. The average molecular weight is 401 g/mol. The normalized spacial score (nSPS) is 14.0. The van der Waals surface area contributed by atoms with Gasteiger partial charge in [-0.05, 0) is 49.6 Å². The minimum atomic E-state index is -3.86. The number of rotatable bonds is 6. The molecule has 0 radical (unpaired) electrons. The van der Waals surface area contributed by atoms with E-state index in [-0.39, 0.29) is 16.7 Å². The minimum Gasteiger partial charge on any atom is -0.391 e. The van der Waals surface area contributed by atoms with Crippen molar-refractivity contribution in [2.45, 2.75) is 44.6 Å². The van der Waals surface area contributed by atoms with E-state index >= 15 is 0 Å². The van der Waals surface area contributed by atoms with E-state index in [1.165, 1.54) is 12.1 Å². The molecule has 0 bridgehead atoms. The van der Waals surface area contributed by atoms with Gasteiger partial charge in [-0.3, -0.25) is 0 Å². The second-order valence-corrected chi connectivity index (χ2v) is 8.66. The lowest BCUT2D eigenvalue weighted by molar-refractivity contribution is 0.381. The Bertz CT molecular complexity index is 1130. The standard InChI is InChI=1S/C20H23N3O4S/c1-12-8-10-16(11-9-12)28(25,26)23-18(19-21-22-20(24)27-19)15(4)17-7-5-6-13(2)14(17)3/h5-11,15,18,23H,1-4H3,(H,22,24). The second kappa shape index (κ2) is 7.73. The molecule has 2 N–H and O–H groups in total. The third-order valence-corrected chi connectivity index (χ3v) is 6.43. The molecule has 0 amide bonds. The number of sulfonamides is 1. The number of aromatic nitrogens is 2. The van der Waals surface area contributed by atoms with Crippen LogP contribution in [0.1, 0.15) is 47.0 Å². The van der Waals surface area contributed by atoms with Gasteiger partial charge in [0.1, 0.15) is 6.04 Å². The average Bonchev–Trinajstić information content (AvgIpc) is 3.08. The number of hydrogen-bond acceptors (Lipinski definition) is 5. The maximum absolute atomic E-state index is 13.0. The number of aromatic amines is 1. The van der Waals surface area contributed by atoms with E-state index in [2.05, 4.69) is 14.9 Å². The zero-order valence-corrected chi connectivity index (χ0v) is 17.0. The van der Waals surface area contributed by atoms with Crippen molar-refractivity contribution in [1.29, 1.82) is 0 Å².